The van der Waals surface area contributed by atoms with E-state index in [1.807, 2.05) is 32.0 Å². The van der Waals surface area contributed by atoms with Crippen LogP contribution in [-0.2, 0) is 0 Å². The van der Waals surface area contributed by atoms with Crippen molar-refractivity contribution >= 4 is 0 Å². The molecule has 0 radical (unpaired) electrons. The maximum atomic E-state index is 13.4. The number of halogens is 2. The monoisotopic (exact) mass is 276 g/mol. The summed E-state index contributed by atoms with van der Waals surface area (Å²) < 4.78 is 26.8. The lowest BCUT2D eigenvalue weighted by molar-refractivity contribution is 0.553. The van der Waals surface area contributed by atoms with Crippen LogP contribution in [0.5, 0.6) is 0 Å². The van der Waals surface area contributed by atoms with E-state index >= 15 is 0 Å². The summed E-state index contributed by atoms with van der Waals surface area (Å²) in [6, 6.07) is 8.93. The summed E-state index contributed by atoms with van der Waals surface area (Å²) in [6.07, 6.45) is 0.931. The van der Waals surface area contributed by atoms with Crippen molar-refractivity contribution in [3.63, 3.8) is 0 Å². The highest BCUT2D eigenvalue weighted by Gasteiger charge is 2.16. The summed E-state index contributed by atoms with van der Waals surface area (Å²) in [6.45, 7) is 4.69. The lowest BCUT2D eigenvalue weighted by Crippen LogP contribution is -2.24. The molecule has 0 amide bonds. The van der Waals surface area contributed by atoms with E-state index in [2.05, 4.69) is 10.3 Å². The molecule has 1 unspecified atom stereocenters. The van der Waals surface area contributed by atoms with Crippen LogP contribution in [0.1, 0.15) is 36.3 Å². The van der Waals surface area contributed by atoms with Gasteiger partial charge in [-0.3, -0.25) is 4.98 Å². The Hall–Kier alpha value is -1.81. The van der Waals surface area contributed by atoms with Gasteiger partial charge >= 0.3 is 0 Å². The Morgan fingerprint density at radius 1 is 1.15 bits per heavy atom. The van der Waals surface area contributed by atoms with Crippen LogP contribution in [0, 0.1) is 18.6 Å². The molecule has 1 heterocycles. The van der Waals surface area contributed by atoms with Gasteiger partial charge in [-0.05, 0) is 49.7 Å². The molecule has 1 aromatic carbocycles. The lowest BCUT2D eigenvalue weighted by Gasteiger charge is -2.19. The molecule has 1 aromatic heterocycles. The zero-order valence-electron chi connectivity index (χ0n) is 11.7. The largest absolute Gasteiger partial charge is 0.305 e. The number of aromatic nitrogens is 1. The molecule has 4 heteroatoms. The number of hydrogen-bond donors (Lipinski definition) is 1. The summed E-state index contributed by atoms with van der Waals surface area (Å²) >= 11 is 0. The van der Waals surface area contributed by atoms with Crippen molar-refractivity contribution in [3.05, 3.63) is 65.0 Å². The Bertz CT molecular complexity index is 564. The van der Waals surface area contributed by atoms with Crippen molar-refractivity contribution in [2.75, 3.05) is 6.54 Å². The zero-order chi connectivity index (χ0) is 14.5. The number of rotatable bonds is 5. The van der Waals surface area contributed by atoms with Gasteiger partial charge in [-0.15, -0.1) is 0 Å². The molecule has 0 bridgehead atoms. The van der Waals surface area contributed by atoms with Crippen LogP contribution in [-0.4, -0.2) is 11.5 Å². The molecular formula is C16H18F2N2. The second kappa shape index (κ2) is 6.57. The maximum Gasteiger partial charge on any atom is 0.126 e. The van der Waals surface area contributed by atoms with E-state index in [0.29, 0.717) is 5.56 Å². The molecule has 2 rings (SSSR count). The first-order valence-electron chi connectivity index (χ1n) is 6.73. The Balaban J connectivity index is 2.41. The fourth-order valence-electron chi connectivity index (χ4n) is 2.15. The normalized spacial score (nSPS) is 12.4. The number of pyridine rings is 1. The van der Waals surface area contributed by atoms with Crippen molar-refractivity contribution < 1.29 is 8.78 Å². The minimum Gasteiger partial charge on any atom is -0.305 e. The van der Waals surface area contributed by atoms with E-state index in [0.717, 1.165) is 30.4 Å². The van der Waals surface area contributed by atoms with Gasteiger partial charge in [-0.2, -0.15) is 0 Å². The molecule has 0 saturated heterocycles. The first-order valence-corrected chi connectivity index (χ1v) is 6.73. The van der Waals surface area contributed by atoms with Crippen molar-refractivity contribution in [2.45, 2.75) is 26.3 Å². The van der Waals surface area contributed by atoms with Gasteiger partial charge in [-0.1, -0.05) is 13.0 Å². The Morgan fingerprint density at radius 2 is 1.85 bits per heavy atom. The molecule has 1 atom stereocenters. The molecule has 0 aliphatic heterocycles. The van der Waals surface area contributed by atoms with Crippen LogP contribution >= 0.6 is 0 Å². The zero-order valence-corrected chi connectivity index (χ0v) is 11.7. The van der Waals surface area contributed by atoms with Gasteiger partial charge in [0.1, 0.15) is 11.6 Å². The molecule has 0 spiro atoms. The smallest absolute Gasteiger partial charge is 0.126 e. The molecule has 0 aliphatic rings. The molecule has 0 saturated carbocycles. The third-order valence-electron chi connectivity index (χ3n) is 3.02. The Labute approximate surface area is 117 Å². The van der Waals surface area contributed by atoms with Crippen LogP contribution in [0.15, 0.2) is 36.4 Å². The molecule has 0 fully saturated rings. The quantitative estimate of drug-likeness (QED) is 0.899. The highest BCUT2D eigenvalue weighted by atomic mass is 19.1. The van der Waals surface area contributed by atoms with Gasteiger partial charge in [0.15, 0.2) is 0 Å². The molecular weight excluding hydrogens is 258 g/mol. The van der Waals surface area contributed by atoms with Gasteiger partial charge in [0.25, 0.3) is 0 Å². The van der Waals surface area contributed by atoms with E-state index in [1.165, 1.54) is 12.1 Å². The highest BCUT2D eigenvalue weighted by molar-refractivity contribution is 5.29. The van der Waals surface area contributed by atoms with Gasteiger partial charge < -0.3 is 5.32 Å². The van der Waals surface area contributed by atoms with E-state index < -0.39 is 11.6 Å². The predicted octanol–water partition coefficient (Wildman–Crippen LogP) is 3.76. The van der Waals surface area contributed by atoms with Crippen molar-refractivity contribution in [1.82, 2.24) is 10.3 Å². The minimum atomic E-state index is -0.573. The van der Waals surface area contributed by atoms with E-state index in [9.17, 15) is 8.78 Å². The van der Waals surface area contributed by atoms with Gasteiger partial charge in [0.2, 0.25) is 0 Å². The second-order valence-electron chi connectivity index (χ2n) is 4.79. The van der Waals surface area contributed by atoms with Gasteiger partial charge in [0, 0.05) is 11.8 Å². The molecule has 2 aromatic rings. The lowest BCUT2D eigenvalue weighted by atomic mass is 10.0. The SMILES string of the molecule is CCCNC(c1cc(F)cc(F)c1)c1cccc(C)n1. The summed E-state index contributed by atoms with van der Waals surface area (Å²) in [7, 11) is 0. The van der Waals surface area contributed by atoms with Crippen LogP contribution < -0.4 is 5.32 Å². The number of nitrogens with zero attached hydrogens (tertiary/aromatic N) is 1. The van der Waals surface area contributed by atoms with Crippen molar-refractivity contribution in [2.24, 2.45) is 0 Å². The van der Waals surface area contributed by atoms with E-state index in [4.69, 9.17) is 0 Å². The molecule has 0 aliphatic carbocycles. The van der Waals surface area contributed by atoms with Crippen LogP contribution in [0.25, 0.3) is 0 Å². The molecule has 106 valence electrons. The first-order chi connectivity index (χ1) is 9.60. The minimum absolute atomic E-state index is 0.306. The van der Waals surface area contributed by atoms with Crippen LogP contribution in [0.2, 0.25) is 0 Å². The first kappa shape index (κ1) is 14.6. The van der Waals surface area contributed by atoms with Gasteiger partial charge in [-0.25, -0.2) is 8.78 Å². The summed E-state index contributed by atoms with van der Waals surface area (Å²) in [5.74, 6) is -1.15. The Kier molecular flexibility index (Phi) is 4.79. The molecule has 2 nitrogen and oxygen atoms in total. The van der Waals surface area contributed by atoms with Crippen LogP contribution in [0.4, 0.5) is 8.78 Å². The third-order valence-corrected chi connectivity index (χ3v) is 3.02. The Morgan fingerprint density at radius 3 is 2.45 bits per heavy atom. The topological polar surface area (TPSA) is 24.9 Å². The fourth-order valence-corrected chi connectivity index (χ4v) is 2.15. The van der Waals surface area contributed by atoms with Crippen molar-refractivity contribution in [3.8, 4) is 0 Å². The average molecular weight is 276 g/mol. The maximum absolute atomic E-state index is 13.4. The van der Waals surface area contributed by atoms with Crippen molar-refractivity contribution in [1.29, 1.82) is 0 Å². The van der Waals surface area contributed by atoms with Gasteiger partial charge in [0.05, 0.1) is 11.7 Å². The summed E-state index contributed by atoms with van der Waals surface area (Å²) in [5.41, 5.74) is 2.19. The van der Waals surface area contributed by atoms with E-state index in [1.54, 1.807) is 0 Å². The second-order valence-corrected chi connectivity index (χ2v) is 4.79. The number of aryl methyl sites for hydroxylation is 1. The molecule has 1 N–H and O–H groups in total. The number of benzene rings is 1. The standard InChI is InChI=1S/C16H18F2N2/c1-3-7-19-16(15-6-4-5-11(2)20-15)12-8-13(17)10-14(18)9-12/h4-6,8-10,16,19H,3,7H2,1-2H3. The number of hydrogen-bond acceptors (Lipinski definition) is 2. The van der Waals surface area contributed by atoms with Crippen LogP contribution in [0.3, 0.4) is 0 Å². The predicted molar refractivity (Wildman–Crippen MR) is 75.5 cm³/mol. The summed E-state index contributed by atoms with van der Waals surface area (Å²) in [5, 5.41) is 3.29. The third kappa shape index (κ3) is 3.61. The summed E-state index contributed by atoms with van der Waals surface area (Å²) in [4.78, 5) is 4.45. The fraction of sp³-hybridized carbons (Fsp3) is 0.312. The van der Waals surface area contributed by atoms with E-state index in [-0.39, 0.29) is 6.04 Å². The molecule has 20 heavy (non-hydrogen) atoms. The highest BCUT2D eigenvalue weighted by Crippen LogP contribution is 2.22. The average Bonchev–Trinajstić information content (AvgIpc) is 2.38. The number of nitrogens with one attached hydrogen (secondary N) is 1.